The Morgan fingerprint density at radius 2 is 1.79 bits per heavy atom. The van der Waals surface area contributed by atoms with E-state index in [1.807, 2.05) is 0 Å². The van der Waals surface area contributed by atoms with E-state index in [9.17, 15) is 14.4 Å². The summed E-state index contributed by atoms with van der Waals surface area (Å²) in [6.07, 6.45) is 1.45. The third-order valence-electron chi connectivity index (χ3n) is 3.08. The molecule has 1 heterocycles. The Balaban J connectivity index is 2.94. The lowest BCUT2D eigenvalue weighted by atomic mass is 10.2. The number of nitrogens with zero attached hydrogens (tertiary/aromatic N) is 1. The topological polar surface area (TPSA) is 78.5 Å². The van der Waals surface area contributed by atoms with Crippen molar-refractivity contribution in [1.29, 1.82) is 0 Å². The molecule has 1 saturated heterocycles. The molecule has 19 heavy (non-hydrogen) atoms. The number of amides is 3. The third-order valence-corrected chi connectivity index (χ3v) is 3.08. The van der Waals surface area contributed by atoms with Crippen molar-refractivity contribution in [3.05, 3.63) is 11.3 Å². The summed E-state index contributed by atoms with van der Waals surface area (Å²) in [5, 5.41) is 5.12. The number of carbonyl (C=O) groups excluding carboxylic acids is 3. The molecule has 106 valence electrons. The number of likely N-dealkylation sites (tertiary alicyclic amines) is 1. The van der Waals surface area contributed by atoms with Crippen LogP contribution in [-0.2, 0) is 14.4 Å². The van der Waals surface area contributed by atoms with E-state index in [0.29, 0.717) is 13.0 Å². The zero-order valence-electron chi connectivity index (χ0n) is 11.9. The second-order valence-corrected chi connectivity index (χ2v) is 4.83. The lowest BCUT2D eigenvalue weighted by Crippen LogP contribution is -2.47. The van der Waals surface area contributed by atoms with Gasteiger partial charge in [-0.1, -0.05) is 0 Å². The van der Waals surface area contributed by atoms with Crippen molar-refractivity contribution in [3.8, 4) is 0 Å². The van der Waals surface area contributed by atoms with E-state index in [0.717, 1.165) is 12.0 Å². The van der Waals surface area contributed by atoms with E-state index in [4.69, 9.17) is 0 Å². The zero-order chi connectivity index (χ0) is 14.6. The maximum Gasteiger partial charge on any atom is 0.270 e. The van der Waals surface area contributed by atoms with Crippen molar-refractivity contribution in [3.63, 3.8) is 0 Å². The Labute approximate surface area is 113 Å². The molecule has 6 heteroatoms. The lowest BCUT2D eigenvalue weighted by Gasteiger charge is -2.25. The summed E-state index contributed by atoms with van der Waals surface area (Å²) in [5.41, 5.74) is 0.992. The second-order valence-electron chi connectivity index (χ2n) is 4.83. The van der Waals surface area contributed by atoms with E-state index in [1.54, 1.807) is 20.9 Å². The molecule has 0 spiro atoms. The molecule has 0 aromatic heterocycles. The summed E-state index contributed by atoms with van der Waals surface area (Å²) in [7, 11) is 1.55. The average molecular weight is 267 g/mol. The molecule has 0 aliphatic carbocycles. The molecule has 0 radical (unpaired) electrons. The van der Waals surface area contributed by atoms with Crippen molar-refractivity contribution in [2.45, 2.75) is 39.7 Å². The van der Waals surface area contributed by atoms with Crippen LogP contribution in [0, 0.1) is 0 Å². The molecule has 0 unspecified atom stereocenters. The third kappa shape index (κ3) is 3.56. The molecular weight excluding hydrogens is 246 g/mol. The number of hydrogen-bond donors (Lipinski definition) is 2. The predicted molar refractivity (Wildman–Crippen MR) is 71.0 cm³/mol. The predicted octanol–water partition coefficient (Wildman–Crippen LogP) is 0.153. The minimum atomic E-state index is -0.444. The molecule has 0 saturated carbocycles. The monoisotopic (exact) mass is 267 g/mol. The van der Waals surface area contributed by atoms with Crippen LogP contribution in [0.25, 0.3) is 0 Å². The Morgan fingerprint density at radius 3 is 2.26 bits per heavy atom. The van der Waals surface area contributed by atoms with E-state index in [2.05, 4.69) is 10.6 Å². The average Bonchev–Trinajstić information content (AvgIpc) is 2.82. The minimum Gasteiger partial charge on any atom is -0.357 e. The summed E-state index contributed by atoms with van der Waals surface area (Å²) in [6.45, 7) is 5.41. The maximum atomic E-state index is 12.4. The molecule has 0 aromatic rings. The molecule has 0 bridgehead atoms. The molecule has 0 aromatic carbocycles. The van der Waals surface area contributed by atoms with Crippen molar-refractivity contribution in [1.82, 2.24) is 15.5 Å². The van der Waals surface area contributed by atoms with E-state index in [1.165, 1.54) is 11.8 Å². The molecule has 1 aliphatic heterocycles. The quantitative estimate of drug-likeness (QED) is 0.715. The number of nitrogens with one attached hydrogen (secondary N) is 2. The smallest absolute Gasteiger partial charge is 0.270 e. The fraction of sp³-hybridized carbons (Fsp3) is 0.615. The Bertz CT molecular complexity index is 425. The number of allylic oxidation sites excluding steroid dienone is 1. The minimum absolute atomic E-state index is 0.165. The first-order chi connectivity index (χ1) is 8.88. The number of carbonyl (C=O) groups is 3. The van der Waals surface area contributed by atoms with Gasteiger partial charge in [-0.25, -0.2) is 0 Å². The van der Waals surface area contributed by atoms with E-state index in [-0.39, 0.29) is 23.4 Å². The highest BCUT2D eigenvalue weighted by Gasteiger charge is 2.35. The van der Waals surface area contributed by atoms with Gasteiger partial charge in [-0.15, -0.1) is 0 Å². The van der Waals surface area contributed by atoms with Crippen LogP contribution in [0.3, 0.4) is 0 Å². The van der Waals surface area contributed by atoms with Gasteiger partial charge in [0.1, 0.15) is 11.7 Å². The highest BCUT2D eigenvalue weighted by molar-refractivity contribution is 6.00. The van der Waals surface area contributed by atoms with Gasteiger partial charge < -0.3 is 15.5 Å². The largest absolute Gasteiger partial charge is 0.357 e. The summed E-state index contributed by atoms with van der Waals surface area (Å²) < 4.78 is 0. The van der Waals surface area contributed by atoms with Crippen LogP contribution >= 0.6 is 0 Å². The lowest BCUT2D eigenvalue weighted by molar-refractivity contribution is -0.136. The number of rotatable bonds is 3. The Kier molecular flexibility index (Phi) is 5.09. The fourth-order valence-electron chi connectivity index (χ4n) is 2.16. The van der Waals surface area contributed by atoms with Crippen LogP contribution in [-0.4, -0.2) is 42.3 Å². The SMILES string of the molecule is CNC(=O)[C@@H]1CCCN1C(=O)C(NC(C)=O)=C(C)C. The van der Waals surface area contributed by atoms with Gasteiger partial charge in [0.15, 0.2) is 0 Å². The van der Waals surface area contributed by atoms with Crippen molar-refractivity contribution < 1.29 is 14.4 Å². The fourth-order valence-corrected chi connectivity index (χ4v) is 2.16. The molecule has 1 fully saturated rings. The van der Waals surface area contributed by atoms with Gasteiger partial charge in [-0.05, 0) is 32.3 Å². The Morgan fingerprint density at radius 1 is 1.16 bits per heavy atom. The van der Waals surface area contributed by atoms with Gasteiger partial charge in [-0.2, -0.15) is 0 Å². The van der Waals surface area contributed by atoms with E-state index < -0.39 is 6.04 Å². The first-order valence-corrected chi connectivity index (χ1v) is 6.36. The van der Waals surface area contributed by atoms with Gasteiger partial charge in [0.25, 0.3) is 5.91 Å². The summed E-state index contributed by atoms with van der Waals surface area (Å²) in [6, 6.07) is -0.444. The normalized spacial score (nSPS) is 17.9. The standard InChI is InChI=1S/C13H21N3O3/c1-8(2)11(15-9(3)17)13(19)16-7-5-6-10(16)12(18)14-4/h10H,5-7H2,1-4H3,(H,14,18)(H,15,17)/t10-/m0/s1. The first kappa shape index (κ1) is 15.2. The number of likely N-dealkylation sites (N-methyl/N-ethyl adjacent to an activating group) is 1. The van der Waals surface area contributed by atoms with Crippen LogP contribution in [0.2, 0.25) is 0 Å². The zero-order valence-corrected chi connectivity index (χ0v) is 11.9. The first-order valence-electron chi connectivity index (χ1n) is 6.36. The molecule has 1 atom stereocenters. The highest BCUT2D eigenvalue weighted by Crippen LogP contribution is 2.20. The second kappa shape index (κ2) is 6.36. The Hall–Kier alpha value is -1.85. The molecule has 2 N–H and O–H groups in total. The van der Waals surface area contributed by atoms with Gasteiger partial charge in [-0.3, -0.25) is 14.4 Å². The molecule has 1 rings (SSSR count). The molecule has 6 nitrogen and oxygen atoms in total. The van der Waals surface area contributed by atoms with Gasteiger partial charge >= 0.3 is 0 Å². The van der Waals surface area contributed by atoms with Crippen LogP contribution in [0.4, 0.5) is 0 Å². The van der Waals surface area contributed by atoms with Crippen LogP contribution in [0.15, 0.2) is 11.3 Å². The number of hydrogen-bond acceptors (Lipinski definition) is 3. The molecule has 1 aliphatic rings. The van der Waals surface area contributed by atoms with Crippen molar-refractivity contribution in [2.75, 3.05) is 13.6 Å². The van der Waals surface area contributed by atoms with E-state index >= 15 is 0 Å². The highest BCUT2D eigenvalue weighted by atomic mass is 16.2. The van der Waals surface area contributed by atoms with Gasteiger partial charge in [0, 0.05) is 20.5 Å². The summed E-state index contributed by atoms with van der Waals surface area (Å²) >= 11 is 0. The van der Waals surface area contributed by atoms with Gasteiger partial charge in [0.2, 0.25) is 11.8 Å². The molecule has 3 amide bonds. The molecular formula is C13H21N3O3. The van der Waals surface area contributed by atoms with Crippen molar-refractivity contribution in [2.24, 2.45) is 0 Å². The maximum absolute atomic E-state index is 12.4. The summed E-state index contributed by atoms with van der Waals surface area (Å²) in [4.78, 5) is 36.8. The summed E-state index contributed by atoms with van der Waals surface area (Å²) in [5.74, 6) is -0.747. The van der Waals surface area contributed by atoms with Crippen LogP contribution in [0.5, 0.6) is 0 Å². The van der Waals surface area contributed by atoms with Crippen LogP contribution in [0.1, 0.15) is 33.6 Å². The van der Waals surface area contributed by atoms with Crippen LogP contribution < -0.4 is 10.6 Å². The van der Waals surface area contributed by atoms with Gasteiger partial charge in [0.05, 0.1) is 0 Å². The van der Waals surface area contributed by atoms with Crippen molar-refractivity contribution >= 4 is 17.7 Å².